The van der Waals surface area contributed by atoms with E-state index in [9.17, 15) is 0 Å². The van der Waals surface area contributed by atoms with Crippen molar-refractivity contribution in [3.05, 3.63) is 46.4 Å². The second kappa shape index (κ2) is 5.07. The van der Waals surface area contributed by atoms with E-state index in [-0.39, 0.29) is 25.8 Å². The summed E-state index contributed by atoms with van der Waals surface area (Å²) in [5, 5.41) is 0. The van der Waals surface area contributed by atoms with E-state index in [1.165, 1.54) is 42.7 Å². The fraction of sp³-hybridized carbons (Fsp3) is 0.471. The van der Waals surface area contributed by atoms with Gasteiger partial charge in [0.1, 0.15) is 0 Å². The van der Waals surface area contributed by atoms with Crippen LogP contribution >= 0.6 is 0 Å². The fourth-order valence-electron chi connectivity index (χ4n) is 3.06. The summed E-state index contributed by atoms with van der Waals surface area (Å²) in [6.07, 6.45) is 9.71. The Morgan fingerprint density at radius 2 is 1.67 bits per heavy atom. The Labute approximate surface area is 130 Å². The molecular formula is C17H21Hf. The second-order valence-corrected chi connectivity index (χ2v) is 6.66. The molecule has 93 valence electrons. The van der Waals surface area contributed by atoms with E-state index in [0.29, 0.717) is 5.41 Å². The Balaban J connectivity index is 0.00000120. The molecule has 0 spiro atoms. The third-order valence-electron chi connectivity index (χ3n) is 3.79. The van der Waals surface area contributed by atoms with Gasteiger partial charge in [0.25, 0.3) is 0 Å². The van der Waals surface area contributed by atoms with Crippen molar-refractivity contribution in [2.45, 2.75) is 46.5 Å². The summed E-state index contributed by atoms with van der Waals surface area (Å²) in [5.41, 5.74) is 6.51. The van der Waals surface area contributed by atoms with Gasteiger partial charge >= 0.3 is 0 Å². The van der Waals surface area contributed by atoms with Crippen LogP contribution in [0.3, 0.4) is 0 Å². The summed E-state index contributed by atoms with van der Waals surface area (Å²) in [5.74, 6) is 1.53. The Bertz CT molecular complexity index is 477. The monoisotopic (exact) mass is 405 g/mol. The van der Waals surface area contributed by atoms with Crippen molar-refractivity contribution in [2.24, 2.45) is 5.41 Å². The van der Waals surface area contributed by atoms with Gasteiger partial charge in [0.05, 0.1) is 0 Å². The van der Waals surface area contributed by atoms with Crippen molar-refractivity contribution < 1.29 is 25.8 Å². The summed E-state index contributed by atoms with van der Waals surface area (Å²) >= 11 is 0. The molecule has 3 rings (SSSR count). The Hall–Kier alpha value is -0.170. The summed E-state index contributed by atoms with van der Waals surface area (Å²) in [7, 11) is 0. The smallest absolute Gasteiger partial charge is 0.0278 e. The number of rotatable bonds is 1. The van der Waals surface area contributed by atoms with Crippen LogP contribution in [0.1, 0.15) is 55.9 Å². The summed E-state index contributed by atoms with van der Waals surface area (Å²) in [4.78, 5) is 0. The van der Waals surface area contributed by atoms with E-state index >= 15 is 0 Å². The molecule has 0 unspecified atom stereocenters. The van der Waals surface area contributed by atoms with Crippen LogP contribution in [0.2, 0.25) is 0 Å². The van der Waals surface area contributed by atoms with Gasteiger partial charge in [0.15, 0.2) is 0 Å². The molecule has 2 aliphatic rings. The predicted octanol–water partition coefficient (Wildman–Crippen LogP) is 4.56. The minimum atomic E-state index is 0. The minimum Gasteiger partial charge on any atom is -0.0721 e. The van der Waals surface area contributed by atoms with Crippen LogP contribution in [0.15, 0.2) is 18.2 Å². The SMILES string of the molecule is CC(C)(C)C[C]1C=Cc2cc3c(cc21)CCC3.[Hf]. The molecule has 0 aliphatic heterocycles. The van der Waals surface area contributed by atoms with Crippen LogP contribution in [0.5, 0.6) is 0 Å². The number of allylic oxidation sites excluding steroid dienone is 1. The molecular weight excluding hydrogens is 383 g/mol. The summed E-state index contributed by atoms with van der Waals surface area (Å²) in [6.45, 7) is 6.96. The first kappa shape index (κ1) is 14.2. The van der Waals surface area contributed by atoms with Gasteiger partial charge < -0.3 is 0 Å². The molecule has 0 saturated heterocycles. The normalized spacial score (nSPS) is 17.5. The Morgan fingerprint density at radius 1 is 1.00 bits per heavy atom. The van der Waals surface area contributed by atoms with E-state index in [1.54, 1.807) is 11.1 Å². The molecule has 0 bridgehead atoms. The Kier molecular flexibility index (Phi) is 4.02. The number of benzene rings is 1. The van der Waals surface area contributed by atoms with Gasteiger partial charge in [-0.25, -0.2) is 0 Å². The topological polar surface area (TPSA) is 0 Å². The van der Waals surface area contributed by atoms with Crippen LogP contribution < -0.4 is 0 Å². The molecule has 0 N–H and O–H groups in total. The maximum absolute atomic E-state index is 2.46. The van der Waals surface area contributed by atoms with Crippen LogP contribution in [-0.2, 0) is 38.7 Å². The predicted molar refractivity (Wildman–Crippen MR) is 73.9 cm³/mol. The van der Waals surface area contributed by atoms with Gasteiger partial charge in [-0.05, 0) is 53.4 Å². The van der Waals surface area contributed by atoms with Gasteiger partial charge in [-0.15, -0.1) is 0 Å². The van der Waals surface area contributed by atoms with Crippen LogP contribution in [-0.4, -0.2) is 0 Å². The Morgan fingerprint density at radius 3 is 2.33 bits per heavy atom. The van der Waals surface area contributed by atoms with Gasteiger partial charge in [-0.2, -0.15) is 0 Å². The first-order valence-corrected chi connectivity index (χ1v) is 6.73. The average molecular weight is 404 g/mol. The maximum Gasteiger partial charge on any atom is 0.0278 e. The molecule has 2 aliphatic carbocycles. The van der Waals surface area contributed by atoms with Gasteiger partial charge in [0.2, 0.25) is 0 Å². The van der Waals surface area contributed by atoms with E-state index < -0.39 is 0 Å². The van der Waals surface area contributed by atoms with E-state index in [0.717, 1.165) is 0 Å². The zero-order valence-corrected chi connectivity index (χ0v) is 15.2. The van der Waals surface area contributed by atoms with Crippen LogP contribution in [0, 0.1) is 11.3 Å². The molecule has 1 aromatic rings. The molecule has 0 saturated carbocycles. The molecule has 0 fully saturated rings. The zero-order chi connectivity index (χ0) is 12.0. The third-order valence-corrected chi connectivity index (χ3v) is 3.79. The molecule has 1 radical (unpaired) electrons. The van der Waals surface area contributed by atoms with Crippen LogP contribution in [0.4, 0.5) is 0 Å². The van der Waals surface area contributed by atoms with Gasteiger partial charge in [0, 0.05) is 31.8 Å². The first-order valence-electron chi connectivity index (χ1n) is 6.73. The van der Waals surface area contributed by atoms with Crippen molar-refractivity contribution in [3.8, 4) is 0 Å². The summed E-state index contributed by atoms with van der Waals surface area (Å²) in [6, 6.07) is 4.88. The largest absolute Gasteiger partial charge is 0.0721 e. The number of hydrogen-bond donors (Lipinski definition) is 0. The average Bonchev–Trinajstić information content (AvgIpc) is 2.80. The number of hydrogen-bond acceptors (Lipinski definition) is 0. The van der Waals surface area contributed by atoms with E-state index in [2.05, 4.69) is 45.1 Å². The number of fused-ring (bicyclic) bond motifs is 2. The third kappa shape index (κ3) is 2.71. The summed E-state index contributed by atoms with van der Waals surface area (Å²) < 4.78 is 0. The standard InChI is InChI=1S/C17H21.Hf/c1-17(2,3)11-15-8-7-14-9-12-5-4-6-13(12)10-16(14)15;/h7-10H,4-6,11H2,1-3H3;. The molecule has 0 atom stereocenters. The van der Waals surface area contributed by atoms with E-state index in [1.807, 2.05) is 0 Å². The van der Waals surface area contributed by atoms with Crippen LogP contribution in [0.25, 0.3) is 6.08 Å². The van der Waals surface area contributed by atoms with E-state index in [4.69, 9.17) is 0 Å². The zero-order valence-electron chi connectivity index (χ0n) is 11.6. The van der Waals surface area contributed by atoms with Crippen molar-refractivity contribution in [3.63, 3.8) is 0 Å². The number of aryl methyl sites for hydroxylation is 2. The molecule has 0 heterocycles. The van der Waals surface area contributed by atoms with Crippen molar-refractivity contribution >= 4 is 6.08 Å². The van der Waals surface area contributed by atoms with Gasteiger partial charge in [-0.1, -0.05) is 45.1 Å². The molecule has 0 amide bonds. The maximum atomic E-state index is 2.46. The molecule has 1 heteroatoms. The minimum absolute atomic E-state index is 0. The molecule has 0 nitrogen and oxygen atoms in total. The molecule has 0 aromatic heterocycles. The van der Waals surface area contributed by atoms with Crippen molar-refractivity contribution in [1.82, 2.24) is 0 Å². The first-order chi connectivity index (χ1) is 8.03. The van der Waals surface area contributed by atoms with Gasteiger partial charge in [-0.3, -0.25) is 0 Å². The second-order valence-electron chi connectivity index (χ2n) is 6.66. The molecule has 1 aromatic carbocycles. The van der Waals surface area contributed by atoms with Crippen molar-refractivity contribution in [1.29, 1.82) is 0 Å². The molecule has 18 heavy (non-hydrogen) atoms. The quantitative estimate of drug-likeness (QED) is 0.603. The van der Waals surface area contributed by atoms with Crippen molar-refractivity contribution in [2.75, 3.05) is 0 Å². The fourth-order valence-corrected chi connectivity index (χ4v) is 3.06.